The lowest BCUT2D eigenvalue weighted by atomic mass is 10.2. The summed E-state index contributed by atoms with van der Waals surface area (Å²) < 4.78 is 0. The molecule has 5 nitrogen and oxygen atoms in total. The summed E-state index contributed by atoms with van der Waals surface area (Å²) in [4.78, 5) is 10.0. The van der Waals surface area contributed by atoms with E-state index in [-0.39, 0.29) is 17.3 Å². The topological polar surface area (TPSA) is 75.4 Å². The molecule has 0 aromatic heterocycles. The van der Waals surface area contributed by atoms with E-state index >= 15 is 0 Å². The van der Waals surface area contributed by atoms with Crippen LogP contribution in [0.15, 0.2) is 18.2 Å². The van der Waals surface area contributed by atoms with Gasteiger partial charge in [0, 0.05) is 24.9 Å². The Hall–Kier alpha value is -1.33. The number of nitro benzene ring substituents is 1. The third-order valence-electron chi connectivity index (χ3n) is 1.81. The van der Waals surface area contributed by atoms with E-state index in [1.165, 1.54) is 12.1 Å². The van der Waals surface area contributed by atoms with E-state index in [0.717, 1.165) is 0 Å². The van der Waals surface area contributed by atoms with E-state index < -0.39 is 4.92 Å². The number of hydrogen-bond acceptors (Lipinski definition) is 4. The van der Waals surface area contributed by atoms with Gasteiger partial charge in [0.15, 0.2) is 0 Å². The number of nitrogens with one attached hydrogen (secondary N) is 1. The summed E-state index contributed by atoms with van der Waals surface area (Å²) in [6.07, 6.45) is 0.594. The number of hydrogen-bond donors (Lipinski definition) is 2. The van der Waals surface area contributed by atoms with Crippen molar-refractivity contribution in [1.82, 2.24) is 0 Å². The molecule has 1 rings (SSSR count). The second-order valence-electron chi connectivity index (χ2n) is 2.93. The van der Waals surface area contributed by atoms with Crippen molar-refractivity contribution in [2.24, 2.45) is 0 Å². The first-order valence-electron chi connectivity index (χ1n) is 4.44. The van der Waals surface area contributed by atoms with Crippen molar-refractivity contribution in [2.75, 3.05) is 18.5 Å². The number of anilines is 1. The SMILES string of the molecule is O=[N+]([O-])c1cc(NCCCO)ccc1Cl. The normalized spacial score (nSPS) is 10.0. The van der Waals surface area contributed by atoms with Crippen molar-refractivity contribution in [3.63, 3.8) is 0 Å². The van der Waals surface area contributed by atoms with Gasteiger partial charge in [-0.1, -0.05) is 11.6 Å². The highest BCUT2D eigenvalue weighted by atomic mass is 35.5. The average molecular weight is 231 g/mol. The molecule has 0 atom stereocenters. The van der Waals surface area contributed by atoms with Crippen LogP contribution in [0.2, 0.25) is 5.02 Å². The molecule has 0 unspecified atom stereocenters. The number of aliphatic hydroxyl groups is 1. The van der Waals surface area contributed by atoms with E-state index in [0.29, 0.717) is 18.7 Å². The molecule has 0 aliphatic rings. The molecule has 15 heavy (non-hydrogen) atoms. The second kappa shape index (κ2) is 5.53. The number of halogens is 1. The van der Waals surface area contributed by atoms with Crippen LogP contribution in [0, 0.1) is 10.1 Å². The van der Waals surface area contributed by atoms with Crippen LogP contribution in [-0.4, -0.2) is 23.2 Å². The van der Waals surface area contributed by atoms with Crippen LogP contribution in [0.25, 0.3) is 0 Å². The molecule has 6 heteroatoms. The Morgan fingerprint density at radius 2 is 2.27 bits per heavy atom. The van der Waals surface area contributed by atoms with Gasteiger partial charge in [-0.05, 0) is 18.6 Å². The Balaban J connectivity index is 2.74. The van der Waals surface area contributed by atoms with Gasteiger partial charge in [-0.3, -0.25) is 10.1 Å². The molecule has 0 amide bonds. The van der Waals surface area contributed by atoms with Gasteiger partial charge in [-0.15, -0.1) is 0 Å². The number of benzene rings is 1. The molecule has 0 bridgehead atoms. The fourth-order valence-corrected chi connectivity index (χ4v) is 1.26. The van der Waals surface area contributed by atoms with Crippen LogP contribution >= 0.6 is 11.6 Å². The summed E-state index contributed by atoms with van der Waals surface area (Å²) >= 11 is 5.64. The molecule has 0 aliphatic heterocycles. The minimum atomic E-state index is -0.528. The predicted molar refractivity (Wildman–Crippen MR) is 58.3 cm³/mol. The first-order valence-corrected chi connectivity index (χ1v) is 4.81. The van der Waals surface area contributed by atoms with Crippen molar-refractivity contribution < 1.29 is 10.0 Å². The molecule has 1 aromatic carbocycles. The Bertz CT molecular complexity index is 357. The highest BCUT2D eigenvalue weighted by Gasteiger charge is 2.12. The van der Waals surface area contributed by atoms with Gasteiger partial charge in [0.1, 0.15) is 5.02 Å². The summed E-state index contributed by atoms with van der Waals surface area (Å²) in [5, 5.41) is 22.2. The van der Waals surface area contributed by atoms with Crippen molar-refractivity contribution in [1.29, 1.82) is 0 Å². The van der Waals surface area contributed by atoms with Gasteiger partial charge < -0.3 is 10.4 Å². The minimum Gasteiger partial charge on any atom is -0.396 e. The van der Waals surface area contributed by atoms with Crippen molar-refractivity contribution >= 4 is 23.0 Å². The lowest BCUT2D eigenvalue weighted by Gasteiger charge is -2.05. The molecule has 2 N–H and O–H groups in total. The van der Waals surface area contributed by atoms with Gasteiger partial charge in [0.25, 0.3) is 5.69 Å². The Kier molecular flexibility index (Phi) is 4.33. The van der Waals surface area contributed by atoms with E-state index in [1.807, 2.05) is 0 Å². The number of nitrogens with zero attached hydrogens (tertiary/aromatic N) is 1. The van der Waals surface area contributed by atoms with Crippen molar-refractivity contribution in [3.05, 3.63) is 33.3 Å². The monoisotopic (exact) mass is 230 g/mol. The fraction of sp³-hybridized carbons (Fsp3) is 0.333. The van der Waals surface area contributed by atoms with Crippen LogP contribution in [0.1, 0.15) is 6.42 Å². The van der Waals surface area contributed by atoms with Crippen LogP contribution in [0.3, 0.4) is 0 Å². The summed E-state index contributed by atoms with van der Waals surface area (Å²) in [6, 6.07) is 4.51. The third-order valence-corrected chi connectivity index (χ3v) is 2.13. The highest BCUT2D eigenvalue weighted by molar-refractivity contribution is 6.32. The molecule has 0 heterocycles. The Labute approximate surface area is 91.8 Å². The number of nitro groups is 1. The maximum Gasteiger partial charge on any atom is 0.289 e. The smallest absolute Gasteiger partial charge is 0.289 e. The summed E-state index contributed by atoms with van der Waals surface area (Å²) in [6.45, 7) is 0.651. The fourth-order valence-electron chi connectivity index (χ4n) is 1.07. The summed E-state index contributed by atoms with van der Waals surface area (Å²) in [7, 11) is 0. The van der Waals surface area contributed by atoms with Crippen molar-refractivity contribution in [3.8, 4) is 0 Å². The zero-order chi connectivity index (χ0) is 11.3. The van der Waals surface area contributed by atoms with E-state index in [9.17, 15) is 10.1 Å². The molecular formula is C9H11ClN2O3. The molecule has 0 saturated carbocycles. The van der Waals surface area contributed by atoms with E-state index in [4.69, 9.17) is 16.7 Å². The quantitative estimate of drug-likeness (QED) is 0.461. The summed E-state index contributed by atoms with van der Waals surface area (Å²) in [5.74, 6) is 0. The Morgan fingerprint density at radius 3 is 2.87 bits per heavy atom. The maximum atomic E-state index is 10.6. The predicted octanol–water partition coefficient (Wildman–Crippen LogP) is 2.04. The van der Waals surface area contributed by atoms with Gasteiger partial charge in [0.05, 0.1) is 4.92 Å². The maximum absolute atomic E-state index is 10.6. The first-order chi connectivity index (χ1) is 7.15. The van der Waals surface area contributed by atoms with Gasteiger partial charge >= 0.3 is 0 Å². The van der Waals surface area contributed by atoms with Crippen LogP contribution in [0.5, 0.6) is 0 Å². The van der Waals surface area contributed by atoms with Gasteiger partial charge in [-0.25, -0.2) is 0 Å². The highest BCUT2D eigenvalue weighted by Crippen LogP contribution is 2.27. The van der Waals surface area contributed by atoms with Crippen LogP contribution < -0.4 is 5.32 Å². The zero-order valence-corrected chi connectivity index (χ0v) is 8.70. The second-order valence-corrected chi connectivity index (χ2v) is 3.33. The Morgan fingerprint density at radius 1 is 1.53 bits per heavy atom. The molecule has 0 radical (unpaired) electrons. The number of rotatable bonds is 5. The molecule has 1 aromatic rings. The molecular weight excluding hydrogens is 220 g/mol. The average Bonchev–Trinajstić information content (AvgIpc) is 2.20. The molecule has 0 fully saturated rings. The molecule has 82 valence electrons. The van der Waals surface area contributed by atoms with E-state index in [2.05, 4.69) is 5.32 Å². The largest absolute Gasteiger partial charge is 0.396 e. The third kappa shape index (κ3) is 3.38. The van der Waals surface area contributed by atoms with Gasteiger partial charge in [0.2, 0.25) is 0 Å². The summed E-state index contributed by atoms with van der Waals surface area (Å²) in [5.41, 5.74) is 0.505. The molecule has 0 saturated heterocycles. The molecule has 0 spiro atoms. The van der Waals surface area contributed by atoms with Crippen LogP contribution in [0.4, 0.5) is 11.4 Å². The first kappa shape index (κ1) is 11.7. The lowest BCUT2D eigenvalue weighted by molar-refractivity contribution is -0.384. The lowest BCUT2D eigenvalue weighted by Crippen LogP contribution is -2.03. The molecule has 0 aliphatic carbocycles. The van der Waals surface area contributed by atoms with Crippen molar-refractivity contribution in [2.45, 2.75) is 6.42 Å². The zero-order valence-electron chi connectivity index (χ0n) is 7.94. The number of aliphatic hydroxyl groups excluding tert-OH is 1. The van der Waals surface area contributed by atoms with Gasteiger partial charge in [-0.2, -0.15) is 0 Å². The van der Waals surface area contributed by atoms with E-state index in [1.54, 1.807) is 6.07 Å². The van der Waals surface area contributed by atoms with Crippen LogP contribution in [-0.2, 0) is 0 Å². The minimum absolute atomic E-state index is 0.0860. The standard InChI is InChI=1S/C9H11ClN2O3/c10-8-3-2-7(11-4-1-5-13)6-9(8)12(14)15/h2-3,6,11,13H,1,4-5H2.